The number of aromatic hydroxyl groups is 1. The number of rotatable bonds is 2. The van der Waals surface area contributed by atoms with Crippen LogP contribution < -0.4 is 0 Å². The monoisotopic (exact) mass is 444 g/mol. The molecular formula is C20H12F5KN3O. The molecule has 1 N–H and O–H groups in total. The topological polar surface area (TPSA) is 50.4 Å². The molecule has 30 heavy (non-hydrogen) atoms. The zero-order valence-electron chi connectivity index (χ0n) is 15.8. The summed E-state index contributed by atoms with van der Waals surface area (Å²) in [6.07, 6.45) is -4.48. The molecule has 1 radical (unpaired) electrons. The van der Waals surface area contributed by atoms with Crippen LogP contribution >= 0.6 is 0 Å². The van der Waals surface area contributed by atoms with E-state index in [9.17, 15) is 27.1 Å². The average Bonchev–Trinajstić information content (AvgIpc) is 2.98. The fourth-order valence-corrected chi connectivity index (χ4v) is 3.09. The summed E-state index contributed by atoms with van der Waals surface area (Å²) in [6.45, 7) is 1.57. The van der Waals surface area contributed by atoms with E-state index in [-0.39, 0.29) is 79.7 Å². The quantitative estimate of drug-likeness (QED) is 0.350. The molecule has 0 bridgehead atoms. The van der Waals surface area contributed by atoms with Crippen molar-refractivity contribution in [2.75, 3.05) is 0 Å². The summed E-state index contributed by atoms with van der Waals surface area (Å²) < 4.78 is 67.0. The Labute approximate surface area is 209 Å². The Kier molecular flexibility index (Phi) is 6.35. The zero-order valence-corrected chi connectivity index (χ0v) is 18.9. The normalized spacial score (nSPS) is 11.5. The van der Waals surface area contributed by atoms with Gasteiger partial charge in [-0.1, -0.05) is 12.1 Å². The number of aromatic nitrogens is 3. The van der Waals surface area contributed by atoms with Gasteiger partial charge in [-0.15, -0.1) is 0 Å². The van der Waals surface area contributed by atoms with Gasteiger partial charge in [0, 0.05) is 74.6 Å². The van der Waals surface area contributed by atoms with Crippen molar-refractivity contribution < 1.29 is 27.1 Å². The SMILES string of the molecule is Cc1nn2c(O)cc(-c3ccc(C(F)(F)F)cc3)nc2c1-c1ccc(F)cc1F.[K]. The number of hydrogen-bond donors (Lipinski definition) is 1. The van der Waals surface area contributed by atoms with E-state index in [1.807, 2.05) is 0 Å². The molecule has 0 saturated carbocycles. The maximum atomic E-state index is 14.3. The van der Waals surface area contributed by atoms with Crippen molar-refractivity contribution in [1.82, 2.24) is 14.6 Å². The molecule has 149 valence electrons. The third-order valence-corrected chi connectivity index (χ3v) is 4.45. The molecule has 0 aliphatic carbocycles. The van der Waals surface area contributed by atoms with Gasteiger partial charge in [-0.25, -0.2) is 13.8 Å². The van der Waals surface area contributed by atoms with Gasteiger partial charge in [0.15, 0.2) is 5.65 Å². The first kappa shape index (κ1) is 22.8. The van der Waals surface area contributed by atoms with E-state index in [2.05, 4.69) is 10.1 Å². The van der Waals surface area contributed by atoms with Crippen LogP contribution in [0.2, 0.25) is 0 Å². The summed E-state index contributed by atoms with van der Waals surface area (Å²) in [6, 6.07) is 8.54. The molecule has 4 nitrogen and oxygen atoms in total. The van der Waals surface area contributed by atoms with Crippen LogP contribution in [-0.2, 0) is 6.18 Å². The van der Waals surface area contributed by atoms with Gasteiger partial charge in [0.05, 0.1) is 22.5 Å². The predicted octanol–water partition coefficient (Wildman–Crippen LogP) is 4.99. The van der Waals surface area contributed by atoms with Gasteiger partial charge in [0.2, 0.25) is 5.88 Å². The van der Waals surface area contributed by atoms with Crippen molar-refractivity contribution in [3.63, 3.8) is 0 Å². The van der Waals surface area contributed by atoms with Gasteiger partial charge in [0.25, 0.3) is 0 Å². The molecule has 0 amide bonds. The minimum Gasteiger partial charge on any atom is -0.493 e. The van der Waals surface area contributed by atoms with Gasteiger partial charge < -0.3 is 5.11 Å². The van der Waals surface area contributed by atoms with E-state index >= 15 is 0 Å². The van der Waals surface area contributed by atoms with Crippen LogP contribution in [0.1, 0.15) is 11.3 Å². The maximum absolute atomic E-state index is 14.3. The molecular weight excluding hydrogens is 432 g/mol. The third kappa shape index (κ3) is 4.15. The Hall–Kier alpha value is -1.85. The van der Waals surface area contributed by atoms with Crippen molar-refractivity contribution in [2.45, 2.75) is 13.1 Å². The molecule has 0 fully saturated rings. The number of aryl methyl sites for hydroxylation is 1. The van der Waals surface area contributed by atoms with Crippen LogP contribution in [-0.4, -0.2) is 71.1 Å². The van der Waals surface area contributed by atoms with Crippen molar-refractivity contribution in [2.24, 2.45) is 0 Å². The second kappa shape index (κ2) is 8.35. The van der Waals surface area contributed by atoms with Crippen molar-refractivity contribution >= 4 is 57.0 Å². The van der Waals surface area contributed by atoms with Crippen molar-refractivity contribution in [3.8, 4) is 28.3 Å². The fourth-order valence-electron chi connectivity index (χ4n) is 3.09. The number of hydrogen-bond acceptors (Lipinski definition) is 3. The van der Waals surface area contributed by atoms with Crippen LogP contribution in [0.4, 0.5) is 22.0 Å². The molecule has 0 aliphatic rings. The second-order valence-corrected chi connectivity index (χ2v) is 6.39. The summed E-state index contributed by atoms with van der Waals surface area (Å²) in [5, 5.41) is 14.5. The number of halogens is 5. The molecule has 0 spiro atoms. The van der Waals surface area contributed by atoms with E-state index < -0.39 is 23.4 Å². The summed E-state index contributed by atoms with van der Waals surface area (Å²) in [5.41, 5.74) is 0.376. The minimum atomic E-state index is -4.48. The van der Waals surface area contributed by atoms with Crippen LogP contribution in [0.3, 0.4) is 0 Å². The van der Waals surface area contributed by atoms with Crippen LogP contribution in [0.25, 0.3) is 28.0 Å². The molecule has 0 atom stereocenters. The number of nitrogens with zero attached hydrogens (tertiary/aromatic N) is 3. The first-order valence-corrected chi connectivity index (χ1v) is 8.37. The Morgan fingerprint density at radius 1 is 0.967 bits per heavy atom. The van der Waals surface area contributed by atoms with E-state index in [0.717, 1.165) is 28.8 Å². The second-order valence-electron chi connectivity index (χ2n) is 6.39. The van der Waals surface area contributed by atoms with Crippen LogP contribution in [0.5, 0.6) is 5.88 Å². The molecule has 2 heterocycles. The molecule has 0 saturated heterocycles. The van der Waals surface area contributed by atoms with Crippen molar-refractivity contribution in [3.05, 3.63) is 71.4 Å². The smallest absolute Gasteiger partial charge is 0.416 e. The van der Waals surface area contributed by atoms with E-state index in [1.165, 1.54) is 24.3 Å². The Balaban J connectivity index is 0.00000256. The zero-order chi connectivity index (χ0) is 20.9. The van der Waals surface area contributed by atoms with E-state index in [4.69, 9.17) is 0 Å². The fraction of sp³-hybridized carbons (Fsp3) is 0.100. The molecule has 0 unspecified atom stereocenters. The third-order valence-electron chi connectivity index (χ3n) is 4.45. The Morgan fingerprint density at radius 2 is 1.63 bits per heavy atom. The largest absolute Gasteiger partial charge is 0.493 e. The van der Waals surface area contributed by atoms with Gasteiger partial charge >= 0.3 is 6.18 Å². The van der Waals surface area contributed by atoms with Gasteiger partial charge in [0.1, 0.15) is 11.6 Å². The average molecular weight is 444 g/mol. The standard InChI is InChI=1S/C20H12F5N3O.K/c1-10-18(14-7-6-13(21)8-15(14)22)19-26-16(9-17(29)28(19)27-10)11-2-4-12(5-3-11)20(23,24)25;/h2-9,29H,1H3;. The molecule has 0 aliphatic heterocycles. The Bertz CT molecular complexity index is 1240. The summed E-state index contributed by atoms with van der Waals surface area (Å²) in [5.74, 6) is -1.91. The van der Waals surface area contributed by atoms with Gasteiger partial charge in [-0.3, -0.25) is 0 Å². The van der Waals surface area contributed by atoms with E-state index in [1.54, 1.807) is 6.92 Å². The Morgan fingerprint density at radius 3 is 2.23 bits per heavy atom. The molecule has 4 rings (SSSR count). The van der Waals surface area contributed by atoms with Gasteiger partial charge in [-0.2, -0.15) is 22.8 Å². The molecule has 2 aromatic heterocycles. The predicted molar refractivity (Wildman–Crippen MR) is 101 cm³/mol. The molecule has 10 heteroatoms. The van der Waals surface area contributed by atoms with Crippen molar-refractivity contribution in [1.29, 1.82) is 0 Å². The van der Waals surface area contributed by atoms with Crippen LogP contribution in [0.15, 0.2) is 48.5 Å². The van der Waals surface area contributed by atoms with E-state index in [0.29, 0.717) is 11.3 Å². The molecule has 2 aromatic carbocycles. The number of benzene rings is 2. The first-order chi connectivity index (χ1) is 13.6. The first-order valence-electron chi connectivity index (χ1n) is 8.37. The maximum Gasteiger partial charge on any atom is 0.416 e. The minimum absolute atomic E-state index is 0. The number of fused-ring (bicyclic) bond motifs is 1. The summed E-state index contributed by atoms with van der Waals surface area (Å²) >= 11 is 0. The van der Waals surface area contributed by atoms with Gasteiger partial charge in [-0.05, 0) is 31.2 Å². The van der Waals surface area contributed by atoms with Crippen LogP contribution in [0, 0.1) is 18.6 Å². The summed E-state index contributed by atoms with van der Waals surface area (Å²) in [7, 11) is 0. The number of alkyl halides is 3. The molecule has 4 aromatic rings. The summed E-state index contributed by atoms with van der Waals surface area (Å²) in [4.78, 5) is 4.36.